The molecule has 6 heteroatoms. The van der Waals surface area contributed by atoms with E-state index in [1.54, 1.807) is 24.8 Å². The zero-order valence-corrected chi connectivity index (χ0v) is 11.4. The minimum absolute atomic E-state index is 0.0417. The molecule has 0 radical (unpaired) electrons. The van der Waals surface area contributed by atoms with Crippen LogP contribution in [-0.4, -0.2) is 25.4 Å². The predicted molar refractivity (Wildman–Crippen MR) is 76.6 cm³/mol. The van der Waals surface area contributed by atoms with Crippen LogP contribution in [0, 0.1) is 0 Å². The monoisotopic (exact) mass is 273 g/mol. The van der Waals surface area contributed by atoms with Crippen LogP contribution in [0.5, 0.6) is 0 Å². The first kappa shape index (κ1) is 12.9. The van der Waals surface area contributed by atoms with Gasteiger partial charge in [0.25, 0.3) is 5.56 Å². The van der Waals surface area contributed by atoms with Crippen LogP contribution in [0.15, 0.2) is 35.8 Å². The van der Waals surface area contributed by atoms with Gasteiger partial charge in [-0.2, -0.15) is 5.10 Å². The van der Waals surface area contributed by atoms with Crippen LogP contribution < -0.4 is 10.9 Å². The zero-order chi connectivity index (χ0) is 13.8. The van der Waals surface area contributed by atoms with Gasteiger partial charge in [0.1, 0.15) is 0 Å². The molecule has 20 heavy (non-hydrogen) atoms. The number of hydrogen-bond acceptors (Lipinski definition) is 4. The number of nitrogens with zero attached hydrogens (tertiary/aromatic N) is 4. The predicted octanol–water partition coefficient (Wildman–Crippen LogP) is 1.49. The van der Waals surface area contributed by atoms with Gasteiger partial charge >= 0.3 is 0 Å². The van der Waals surface area contributed by atoms with E-state index < -0.39 is 0 Å². The minimum Gasteiger partial charge on any atom is -0.381 e. The van der Waals surface area contributed by atoms with Crippen molar-refractivity contribution in [2.75, 3.05) is 5.32 Å². The largest absolute Gasteiger partial charge is 0.381 e. The summed E-state index contributed by atoms with van der Waals surface area (Å²) in [6.07, 6.45) is 11.7. The lowest BCUT2D eigenvalue weighted by atomic mass is 9.93. The first-order chi connectivity index (χ1) is 9.81. The molecule has 0 atom stereocenters. The van der Waals surface area contributed by atoms with E-state index in [2.05, 4.69) is 15.4 Å². The van der Waals surface area contributed by atoms with Gasteiger partial charge in [-0.05, 0) is 25.7 Å². The van der Waals surface area contributed by atoms with Crippen LogP contribution in [0.2, 0.25) is 0 Å². The highest BCUT2D eigenvalue weighted by atomic mass is 16.1. The molecule has 3 rings (SSSR count). The van der Waals surface area contributed by atoms with Crippen LogP contribution in [-0.2, 0) is 13.1 Å². The average Bonchev–Trinajstić information content (AvgIpc) is 2.89. The van der Waals surface area contributed by atoms with Gasteiger partial charge in [-0.3, -0.25) is 4.79 Å². The molecule has 1 aliphatic carbocycles. The van der Waals surface area contributed by atoms with Gasteiger partial charge in [0.05, 0.1) is 18.2 Å². The molecule has 0 aliphatic heterocycles. The molecule has 6 nitrogen and oxygen atoms in total. The molecule has 1 fully saturated rings. The van der Waals surface area contributed by atoms with Crippen LogP contribution in [0.3, 0.4) is 0 Å². The molecule has 0 spiro atoms. The van der Waals surface area contributed by atoms with E-state index in [-0.39, 0.29) is 5.56 Å². The molecule has 1 saturated carbocycles. The number of nitrogens with one attached hydrogen (secondary N) is 1. The Morgan fingerprint density at radius 1 is 1.35 bits per heavy atom. The Kier molecular flexibility index (Phi) is 3.80. The minimum atomic E-state index is -0.0417. The zero-order valence-electron chi connectivity index (χ0n) is 11.4. The van der Waals surface area contributed by atoms with Gasteiger partial charge in [-0.1, -0.05) is 0 Å². The Morgan fingerprint density at radius 2 is 2.25 bits per heavy atom. The number of aromatic nitrogens is 4. The van der Waals surface area contributed by atoms with Gasteiger partial charge in [-0.15, -0.1) is 0 Å². The van der Waals surface area contributed by atoms with E-state index in [4.69, 9.17) is 0 Å². The second-order valence-electron chi connectivity index (χ2n) is 5.23. The summed E-state index contributed by atoms with van der Waals surface area (Å²) >= 11 is 0. The second kappa shape index (κ2) is 5.90. The average molecular weight is 273 g/mol. The van der Waals surface area contributed by atoms with Crippen molar-refractivity contribution >= 4 is 5.69 Å². The molecular formula is C14H19N5O. The molecule has 0 bridgehead atoms. The van der Waals surface area contributed by atoms with E-state index in [0.29, 0.717) is 12.6 Å². The first-order valence-electron chi connectivity index (χ1n) is 7.11. The normalized spacial score (nSPS) is 15.0. The van der Waals surface area contributed by atoms with E-state index >= 15 is 0 Å². The third-order valence-corrected chi connectivity index (χ3v) is 3.69. The van der Waals surface area contributed by atoms with E-state index in [1.807, 2.05) is 10.8 Å². The maximum Gasteiger partial charge on any atom is 0.268 e. The Bertz CT molecular complexity index is 600. The van der Waals surface area contributed by atoms with Crippen molar-refractivity contribution in [3.63, 3.8) is 0 Å². The molecule has 0 aromatic carbocycles. The van der Waals surface area contributed by atoms with E-state index in [9.17, 15) is 4.79 Å². The van der Waals surface area contributed by atoms with Crippen molar-refractivity contribution < 1.29 is 0 Å². The highest BCUT2D eigenvalue weighted by Crippen LogP contribution is 2.21. The Balaban J connectivity index is 1.55. The van der Waals surface area contributed by atoms with E-state index in [0.717, 1.165) is 18.7 Å². The molecule has 0 amide bonds. The van der Waals surface area contributed by atoms with Gasteiger partial charge < -0.3 is 9.88 Å². The maximum atomic E-state index is 12.0. The smallest absolute Gasteiger partial charge is 0.268 e. The lowest BCUT2D eigenvalue weighted by Crippen LogP contribution is -2.29. The summed E-state index contributed by atoms with van der Waals surface area (Å²) in [5.41, 5.74) is 0.797. The molecular weight excluding hydrogens is 254 g/mol. The van der Waals surface area contributed by atoms with Crippen molar-refractivity contribution in [3.8, 4) is 0 Å². The summed E-state index contributed by atoms with van der Waals surface area (Å²) in [6, 6.07) is 2.16. The molecule has 0 unspecified atom stereocenters. The summed E-state index contributed by atoms with van der Waals surface area (Å²) in [5.74, 6) is 0. The standard InChI is InChI=1S/C14H19N5O/c20-14-9-13(17-12-3-1-4-12)10-16-19(14)7-2-6-18-8-5-15-11-18/h5,8-12,17H,1-4,6-7H2. The molecule has 1 N–H and O–H groups in total. The van der Waals surface area contributed by atoms with Crippen LogP contribution >= 0.6 is 0 Å². The number of imidazole rings is 1. The topological polar surface area (TPSA) is 64.7 Å². The van der Waals surface area contributed by atoms with Crippen molar-refractivity contribution in [1.29, 1.82) is 0 Å². The van der Waals surface area contributed by atoms with Crippen molar-refractivity contribution in [1.82, 2.24) is 19.3 Å². The van der Waals surface area contributed by atoms with Crippen molar-refractivity contribution in [3.05, 3.63) is 41.3 Å². The summed E-state index contributed by atoms with van der Waals surface area (Å²) in [7, 11) is 0. The summed E-state index contributed by atoms with van der Waals surface area (Å²) in [5, 5.41) is 7.56. The number of hydrogen-bond donors (Lipinski definition) is 1. The third kappa shape index (κ3) is 3.07. The van der Waals surface area contributed by atoms with Crippen molar-refractivity contribution in [2.24, 2.45) is 0 Å². The molecule has 1 aliphatic rings. The Labute approximate surface area is 117 Å². The lowest BCUT2D eigenvalue weighted by molar-refractivity contribution is 0.444. The number of aryl methyl sites for hydroxylation is 2. The van der Waals surface area contributed by atoms with Crippen LogP contribution in [0.25, 0.3) is 0 Å². The third-order valence-electron chi connectivity index (χ3n) is 3.69. The molecule has 2 aromatic heterocycles. The van der Waals surface area contributed by atoms with E-state index in [1.165, 1.54) is 23.9 Å². The van der Waals surface area contributed by atoms with Crippen LogP contribution in [0.4, 0.5) is 5.69 Å². The second-order valence-corrected chi connectivity index (χ2v) is 5.23. The fourth-order valence-corrected chi connectivity index (χ4v) is 2.29. The quantitative estimate of drug-likeness (QED) is 0.866. The molecule has 2 heterocycles. The Hall–Kier alpha value is -2.11. The fourth-order valence-electron chi connectivity index (χ4n) is 2.29. The maximum absolute atomic E-state index is 12.0. The van der Waals surface area contributed by atoms with Gasteiger partial charge in [-0.25, -0.2) is 9.67 Å². The molecule has 106 valence electrons. The summed E-state index contributed by atoms with van der Waals surface area (Å²) < 4.78 is 3.51. The van der Waals surface area contributed by atoms with Gasteiger partial charge in [0, 0.05) is 37.6 Å². The fraction of sp³-hybridized carbons (Fsp3) is 0.500. The van der Waals surface area contributed by atoms with Gasteiger partial charge in [0.15, 0.2) is 0 Å². The lowest BCUT2D eigenvalue weighted by Gasteiger charge is -2.27. The molecule has 0 saturated heterocycles. The molecule has 2 aromatic rings. The Morgan fingerprint density at radius 3 is 2.90 bits per heavy atom. The highest BCUT2D eigenvalue weighted by Gasteiger charge is 2.17. The SMILES string of the molecule is O=c1cc(NC2CCC2)cnn1CCCn1ccnc1. The summed E-state index contributed by atoms with van der Waals surface area (Å²) in [6.45, 7) is 1.47. The first-order valence-corrected chi connectivity index (χ1v) is 7.11. The highest BCUT2D eigenvalue weighted by molar-refractivity contribution is 5.40. The summed E-state index contributed by atoms with van der Waals surface area (Å²) in [4.78, 5) is 16.0. The van der Waals surface area contributed by atoms with Crippen molar-refractivity contribution in [2.45, 2.75) is 44.8 Å². The van der Waals surface area contributed by atoms with Gasteiger partial charge in [0.2, 0.25) is 0 Å². The number of rotatable bonds is 6. The van der Waals surface area contributed by atoms with Crippen LogP contribution in [0.1, 0.15) is 25.7 Å². The number of anilines is 1.